The summed E-state index contributed by atoms with van der Waals surface area (Å²) in [6, 6.07) is 2.00. The Balaban J connectivity index is 2.43. The molecule has 1 rings (SSSR count). The molecule has 14 heavy (non-hydrogen) atoms. The fourth-order valence-electron chi connectivity index (χ4n) is 1.60. The zero-order valence-corrected chi connectivity index (χ0v) is 8.90. The van der Waals surface area contributed by atoms with Crippen molar-refractivity contribution < 1.29 is 9.15 Å². The molecule has 0 saturated heterocycles. The quantitative estimate of drug-likeness (QED) is 0.758. The maximum Gasteiger partial charge on any atom is 0.0935 e. The highest BCUT2D eigenvalue weighted by Gasteiger charge is 2.16. The Morgan fingerprint density at radius 3 is 2.86 bits per heavy atom. The first-order valence-corrected chi connectivity index (χ1v) is 5.07. The Kier molecular flexibility index (Phi) is 4.70. The lowest BCUT2D eigenvalue weighted by Gasteiger charge is -2.21. The molecule has 0 aliphatic heterocycles. The minimum absolute atomic E-state index is 0.0533. The highest BCUT2D eigenvalue weighted by molar-refractivity contribution is 5.07. The third-order valence-corrected chi connectivity index (χ3v) is 2.40. The minimum atomic E-state index is 0.0533. The summed E-state index contributed by atoms with van der Waals surface area (Å²) in [5.74, 6) is 0. The molecule has 0 radical (unpaired) electrons. The van der Waals surface area contributed by atoms with Crippen LogP contribution >= 0.6 is 0 Å². The molecular formula is C11H19NO2. The van der Waals surface area contributed by atoms with Gasteiger partial charge in [-0.2, -0.15) is 0 Å². The standard InChI is InChI=1S/C11H19NO2/c1-3-4-11(13-2)10(12)7-9-5-6-14-8-9/h5-6,8,10-11H,3-4,7,12H2,1-2H3. The second kappa shape index (κ2) is 5.83. The summed E-state index contributed by atoms with van der Waals surface area (Å²) in [6.45, 7) is 2.14. The summed E-state index contributed by atoms with van der Waals surface area (Å²) in [6.07, 6.45) is 6.47. The van der Waals surface area contributed by atoms with Crippen LogP contribution in [0.5, 0.6) is 0 Å². The predicted molar refractivity (Wildman–Crippen MR) is 56.1 cm³/mol. The van der Waals surface area contributed by atoms with Crippen LogP contribution in [-0.4, -0.2) is 19.3 Å². The average molecular weight is 197 g/mol. The van der Waals surface area contributed by atoms with Crippen molar-refractivity contribution in [2.24, 2.45) is 5.73 Å². The summed E-state index contributed by atoms with van der Waals surface area (Å²) >= 11 is 0. The van der Waals surface area contributed by atoms with Crippen molar-refractivity contribution in [3.8, 4) is 0 Å². The maximum atomic E-state index is 6.04. The van der Waals surface area contributed by atoms with E-state index in [0.717, 1.165) is 24.8 Å². The van der Waals surface area contributed by atoms with E-state index in [-0.39, 0.29) is 12.1 Å². The highest BCUT2D eigenvalue weighted by Crippen LogP contribution is 2.10. The zero-order chi connectivity index (χ0) is 10.4. The molecule has 0 aromatic carbocycles. The van der Waals surface area contributed by atoms with Gasteiger partial charge in [0.05, 0.1) is 18.6 Å². The van der Waals surface area contributed by atoms with Gasteiger partial charge in [-0.25, -0.2) is 0 Å². The van der Waals surface area contributed by atoms with Gasteiger partial charge in [0.25, 0.3) is 0 Å². The Morgan fingerprint density at radius 2 is 2.36 bits per heavy atom. The minimum Gasteiger partial charge on any atom is -0.472 e. The molecule has 0 aliphatic rings. The van der Waals surface area contributed by atoms with Crippen LogP contribution in [0.15, 0.2) is 23.0 Å². The van der Waals surface area contributed by atoms with Crippen molar-refractivity contribution in [1.29, 1.82) is 0 Å². The van der Waals surface area contributed by atoms with Crippen molar-refractivity contribution >= 4 is 0 Å². The number of methoxy groups -OCH3 is 1. The molecule has 2 unspecified atom stereocenters. The maximum absolute atomic E-state index is 6.04. The summed E-state index contributed by atoms with van der Waals surface area (Å²) in [4.78, 5) is 0. The van der Waals surface area contributed by atoms with E-state index < -0.39 is 0 Å². The Bertz CT molecular complexity index is 233. The van der Waals surface area contributed by atoms with Crippen LogP contribution in [0, 0.1) is 0 Å². The number of ether oxygens (including phenoxy) is 1. The van der Waals surface area contributed by atoms with Crippen LogP contribution in [0.3, 0.4) is 0 Å². The molecule has 0 amide bonds. The first kappa shape index (κ1) is 11.3. The van der Waals surface area contributed by atoms with Crippen molar-refractivity contribution in [2.75, 3.05) is 7.11 Å². The summed E-state index contributed by atoms with van der Waals surface area (Å²) < 4.78 is 10.3. The van der Waals surface area contributed by atoms with E-state index in [9.17, 15) is 0 Å². The molecule has 0 saturated carbocycles. The van der Waals surface area contributed by atoms with E-state index >= 15 is 0 Å². The summed E-state index contributed by atoms with van der Waals surface area (Å²) in [5.41, 5.74) is 7.17. The smallest absolute Gasteiger partial charge is 0.0935 e. The molecule has 0 fully saturated rings. The predicted octanol–water partition coefficient (Wildman–Crippen LogP) is 1.96. The van der Waals surface area contributed by atoms with Crippen LogP contribution in [-0.2, 0) is 11.2 Å². The van der Waals surface area contributed by atoms with Crippen molar-refractivity contribution in [3.63, 3.8) is 0 Å². The van der Waals surface area contributed by atoms with E-state index in [2.05, 4.69) is 6.92 Å². The van der Waals surface area contributed by atoms with Gasteiger partial charge in [0, 0.05) is 13.2 Å². The lowest BCUT2D eigenvalue weighted by atomic mass is 10.0. The summed E-state index contributed by atoms with van der Waals surface area (Å²) in [5, 5.41) is 0. The van der Waals surface area contributed by atoms with E-state index in [1.807, 2.05) is 6.07 Å². The third kappa shape index (κ3) is 3.16. The van der Waals surface area contributed by atoms with Crippen molar-refractivity contribution in [1.82, 2.24) is 0 Å². The van der Waals surface area contributed by atoms with Crippen molar-refractivity contribution in [2.45, 2.75) is 38.3 Å². The largest absolute Gasteiger partial charge is 0.472 e. The molecule has 1 heterocycles. The van der Waals surface area contributed by atoms with Crippen LogP contribution in [0.2, 0.25) is 0 Å². The molecule has 2 N–H and O–H groups in total. The SMILES string of the molecule is CCCC(OC)C(N)Cc1ccoc1. The van der Waals surface area contributed by atoms with E-state index in [1.165, 1.54) is 0 Å². The van der Waals surface area contributed by atoms with Crippen LogP contribution < -0.4 is 5.73 Å². The molecule has 0 bridgehead atoms. The van der Waals surface area contributed by atoms with Gasteiger partial charge in [0.2, 0.25) is 0 Å². The lowest BCUT2D eigenvalue weighted by Crippen LogP contribution is -2.37. The number of hydrogen-bond acceptors (Lipinski definition) is 3. The molecule has 0 spiro atoms. The highest BCUT2D eigenvalue weighted by atomic mass is 16.5. The monoisotopic (exact) mass is 197 g/mol. The summed E-state index contributed by atoms with van der Waals surface area (Å²) in [7, 11) is 1.72. The van der Waals surface area contributed by atoms with Crippen LogP contribution in [0.25, 0.3) is 0 Å². The number of hydrogen-bond donors (Lipinski definition) is 1. The first-order chi connectivity index (χ1) is 6.77. The van der Waals surface area contributed by atoms with Gasteiger partial charge in [0.15, 0.2) is 0 Å². The van der Waals surface area contributed by atoms with Crippen LogP contribution in [0.1, 0.15) is 25.3 Å². The van der Waals surface area contributed by atoms with Gasteiger partial charge >= 0.3 is 0 Å². The Labute approximate surface area is 85.2 Å². The molecule has 1 aromatic rings. The second-order valence-corrected chi connectivity index (χ2v) is 3.56. The lowest BCUT2D eigenvalue weighted by molar-refractivity contribution is 0.0726. The first-order valence-electron chi connectivity index (χ1n) is 5.07. The van der Waals surface area contributed by atoms with Gasteiger partial charge in [-0.15, -0.1) is 0 Å². The molecule has 3 heteroatoms. The van der Waals surface area contributed by atoms with Crippen molar-refractivity contribution in [3.05, 3.63) is 24.2 Å². The van der Waals surface area contributed by atoms with E-state index in [0.29, 0.717) is 0 Å². The molecule has 80 valence electrons. The Hall–Kier alpha value is -0.800. The fraction of sp³-hybridized carbons (Fsp3) is 0.636. The van der Waals surface area contributed by atoms with E-state index in [1.54, 1.807) is 19.6 Å². The topological polar surface area (TPSA) is 48.4 Å². The zero-order valence-electron chi connectivity index (χ0n) is 8.90. The van der Waals surface area contributed by atoms with Gasteiger partial charge < -0.3 is 14.9 Å². The third-order valence-electron chi connectivity index (χ3n) is 2.40. The Morgan fingerprint density at radius 1 is 1.57 bits per heavy atom. The van der Waals surface area contributed by atoms with Gasteiger partial charge in [-0.05, 0) is 24.5 Å². The number of nitrogens with two attached hydrogens (primary N) is 1. The normalized spacial score (nSPS) is 15.4. The molecule has 2 atom stereocenters. The van der Waals surface area contributed by atoms with Gasteiger partial charge in [-0.3, -0.25) is 0 Å². The number of rotatable bonds is 6. The fourth-order valence-corrected chi connectivity index (χ4v) is 1.60. The molecular weight excluding hydrogens is 178 g/mol. The molecule has 3 nitrogen and oxygen atoms in total. The molecule has 0 aliphatic carbocycles. The number of furan rings is 1. The van der Waals surface area contributed by atoms with Crippen LogP contribution in [0.4, 0.5) is 0 Å². The average Bonchev–Trinajstić information content (AvgIpc) is 2.66. The second-order valence-electron chi connectivity index (χ2n) is 3.56. The molecule has 1 aromatic heterocycles. The van der Waals surface area contributed by atoms with Gasteiger partial charge in [-0.1, -0.05) is 13.3 Å². The van der Waals surface area contributed by atoms with E-state index in [4.69, 9.17) is 14.9 Å². The van der Waals surface area contributed by atoms with Gasteiger partial charge in [0.1, 0.15) is 0 Å².